The Morgan fingerprint density at radius 1 is 0.919 bits per heavy atom. The maximum absolute atomic E-state index is 12.9. The lowest BCUT2D eigenvalue weighted by Gasteiger charge is -2.29. The third-order valence-corrected chi connectivity index (χ3v) is 5.88. The second kappa shape index (κ2) is 13.8. The minimum absolute atomic E-state index is 0.0291. The summed E-state index contributed by atoms with van der Waals surface area (Å²) in [4.78, 5) is 20.8. The minimum atomic E-state index is -4.95. The molecule has 1 unspecified atom stereocenters. The summed E-state index contributed by atoms with van der Waals surface area (Å²) < 4.78 is 105. The zero-order valence-corrected chi connectivity index (χ0v) is 21.7. The van der Waals surface area contributed by atoms with Crippen LogP contribution in [0.4, 0.5) is 26.3 Å². The fraction of sp³-hybridized carbons (Fsp3) is 0.682. The number of rotatable bonds is 16. The number of unbranched alkanes of at least 4 members (excludes halogenated alkanes) is 4. The van der Waals surface area contributed by atoms with Gasteiger partial charge in [-0.2, -0.15) is 26.3 Å². The predicted octanol–water partition coefficient (Wildman–Crippen LogP) is 5.74. The molecule has 15 heteroatoms. The van der Waals surface area contributed by atoms with Gasteiger partial charge >= 0.3 is 26.1 Å². The summed E-state index contributed by atoms with van der Waals surface area (Å²) in [5.74, 6) is -1.71. The summed E-state index contributed by atoms with van der Waals surface area (Å²) in [6.45, 7) is -0.0504. The molecule has 0 spiro atoms. The van der Waals surface area contributed by atoms with Gasteiger partial charge < -0.3 is 19.2 Å². The van der Waals surface area contributed by atoms with Crippen molar-refractivity contribution >= 4 is 13.8 Å². The number of aliphatic carboxylic acids is 1. The quantitative estimate of drug-likeness (QED) is 0.114. The fourth-order valence-electron chi connectivity index (χ4n) is 3.27. The molecule has 0 aliphatic rings. The Morgan fingerprint density at radius 3 is 1.86 bits per heavy atom. The first-order valence-electron chi connectivity index (χ1n) is 11.4. The van der Waals surface area contributed by atoms with E-state index in [9.17, 15) is 40.6 Å². The highest BCUT2D eigenvalue weighted by Gasteiger charge is 2.37. The monoisotopic (exact) mass is 568 g/mol. The van der Waals surface area contributed by atoms with E-state index in [4.69, 9.17) is 18.9 Å². The molecule has 37 heavy (non-hydrogen) atoms. The molecule has 2 N–H and O–H groups in total. The molecule has 0 radical (unpaired) electrons. The number of likely N-dealkylation sites (N-methyl/N-ethyl adjacent to an activating group) is 1. The Labute approximate surface area is 211 Å². The van der Waals surface area contributed by atoms with Crippen LogP contribution < -0.4 is 4.74 Å². The molecule has 0 saturated carbocycles. The Hall–Kier alpha value is -1.86. The lowest BCUT2D eigenvalue weighted by atomic mass is 10.1. The van der Waals surface area contributed by atoms with Gasteiger partial charge in [0.1, 0.15) is 18.4 Å². The van der Waals surface area contributed by atoms with E-state index in [0.29, 0.717) is 48.7 Å². The van der Waals surface area contributed by atoms with E-state index in [2.05, 4.69) is 0 Å². The Bertz CT molecular complexity index is 886. The van der Waals surface area contributed by atoms with E-state index < -0.39 is 55.5 Å². The molecule has 0 amide bonds. The Kier molecular flexibility index (Phi) is 12.4. The van der Waals surface area contributed by atoms with Crippen LogP contribution in [0, 0.1) is 0 Å². The molecule has 0 saturated heterocycles. The number of benzene rings is 1. The van der Waals surface area contributed by atoms with E-state index in [1.807, 2.05) is 0 Å². The van der Waals surface area contributed by atoms with Crippen LogP contribution >= 0.6 is 7.82 Å². The van der Waals surface area contributed by atoms with Gasteiger partial charge in [-0.25, -0.2) is 4.57 Å². The smallest absolute Gasteiger partial charge is 0.472 e. The van der Waals surface area contributed by atoms with Crippen molar-refractivity contribution in [1.29, 1.82) is 0 Å². The average molecular weight is 568 g/mol. The molecule has 2 atom stereocenters. The second-order valence-corrected chi connectivity index (χ2v) is 10.9. The van der Waals surface area contributed by atoms with Crippen LogP contribution in [0.5, 0.6) is 5.75 Å². The van der Waals surface area contributed by atoms with Crippen LogP contribution in [-0.4, -0.2) is 67.5 Å². The van der Waals surface area contributed by atoms with Crippen molar-refractivity contribution in [2.45, 2.75) is 57.0 Å². The minimum Gasteiger partial charge on any atom is -0.494 e. The highest BCUT2D eigenvalue weighted by atomic mass is 31.2. The number of alkyl halides is 6. The summed E-state index contributed by atoms with van der Waals surface area (Å²) in [7, 11) is 0.832. The van der Waals surface area contributed by atoms with Crippen molar-refractivity contribution in [1.82, 2.24) is 0 Å². The van der Waals surface area contributed by atoms with Crippen molar-refractivity contribution in [3.05, 3.63) is 29.3 Å². The molecule has 0 aromatic heterocycles. The van der Waals surface area contributed by atoms with Gasteiger partial charge in [0, 0.05) is 0 Å². The van der Waals surface area contributed by atoms with Gasteiger partial charge in [-0.1, -0.05) is 19.3 Å². The largest absolute Gasteiger partial charge is 0.494 e. The standard InChI is InChI=1S/C22H32F6NO7P/c1-29(2,3)15-19(14-20(30)31)36-37(32,33)35-10-8-6-4-5-7-9-34-18-12-16(21(23,24)25)11-17(13-18)22(26,27)28/h11-13,19H,4-10,14-15H2,1-3H3,(H-,30,31,32,33)/p+1/t19-/m1/s1. The molecule has 214 valence electrons. The molecule has 0 bridgehead atoms. The van der Waals surface area contributed by atoms with E-state index in [0.717, 1.165) is 0 Å². The van der Waals surface area contributed by atoms with E-state index >= 15 is 0 Å². The lowest BCUT2D eigenvalue weighted by molar-refractivity contribution is -0.873. The van der Waals surface area contributed by atoms with Crippen LogP contribution in [0.3, 0.4) is 0 Å². The van der Waals surface area contributed by atoms with Gasteiger partial charge in [0.25, 0.3) is 0 Å². The first-order valence-corrected chi connectivity index (χ1v) is 12.9. The predicted molar refractivity (Wildman–Crippen MR) is 121 cm³/mol. The average Bonchev–Trinajstić information content (AvgIpc) is 2.68. The number of phosphoric acid groups is 1. The number of carboxylic acid groups (broad SMARTS) is 1. The van der Waals surface area contributed by atoms with Crippen molar-refractivity contribution in [2.75, 3.05) is 40.9 Å². The van der Waals surface area contributed by atoms with Crippen LogP contribution in [-0.2, 0) is 30.8 Å². The van der Waals surface area contributed by atoms with Crippen molar-refractivity contribution < 1.29 is 64.0 Å². The van der Waals surface area contributed by atoms with Gasteiger partial charge in [-0.3, -0.25) is 13.8 Å². The number of halogens is 6. The van der Waals surface area contributed by atoms with E-state index in [-0.39, 0.29) is 25.8 Å². The summed E-state index contributed by atoms with van der Waals surface area (Å²) in [6, 6.07) is 1.06. The number of phosphoric ester groups is 1. The molecular formula is C22H33F6NO7P+. The molecule has 0 fully saturated rings. The van der Waals surface area contributed by atoms with Crippen molar-refractivity contribution in [3.63, 3.8) is 0 Å². The van der Waals surface area contributed by atoms with Gasteiger partial charge in [0.15, 0.2) is 0 Å². The summed E-state index contributed by atoms with van der Waals surface area (Å²) in [5.41, 5.74) is -2.90. The second-order valence-electron chi connectivity index (χ2n) is 9.46. The van der Waals surface area contributed by atoms with E-state index in [1.54, 1.807) is 21.1 Å². The van der Waals surface area contributed by atoms with Crippen molar-refractivity contribution in [2.24, 2.45) is 0 Å². The maximum Gasteiger partial charge on any atom is 0.472 e. The van der Waals surface area contributed by atoms with Gasteiger partial charge in [0.05, 0.1) is 51.9 Å². The van der Waals surface area contributed by atoms with E-state index in [1.165, 1.54) is 0 Å². The van der Waals surface area contributed by atoms with Crippen LogP contribution in [0.1, 0.15) is 49.7 Å². The van der Waals surface area contributed by atoms with Crippen LogP contribution in [0.2, 0.25) is 0 Å². The summed E-state index contributed by atoms with van der Waals surface area (Å²) in [6.07, 6.45) is -8.97. The van der Waals surface area contributed by atoms with Gasteiger partial charge in [-0.15, -0.1) is 0 Å². The zero-order chi connectivity index (χ0) is 28.5. The Morgan fingerprint density at radius 2 is 1.41 bits per heavy atom. The van der Waals surface area contributed by atoms with Crippen LogP contribution in [0.25, 0.3) is 0 Å². The third-order valence-electron chi connectivity index (χ3n) is 4.81. The Balaban J connectivity index is 2.38. The molecule has 1 aromatic rings. The normalized spacial score (nSPS) is 15.3. The fourth-order valence-corrected chi connectivity index (χ4v) is 4.21. The molecule has 1 aromatic carbocycles. The first kappa shape index (κ1) is 33.2. The topological polar surface area (TPSA) is 102 Å². The number of ether oxygens (including phenoxy) is 1. The molecule has 0 heterocycles. The van der Waals surface area contributed by atoms with Gasteiger partial charge in [-0.05, 0) is 31.0 Å². The summed E-state index contributed by atoms with van der Waals surface area (Å²) in [5, 5.41) is 8.97. The zero-order valence-electron chi connectivity index (χ0n) is 20.8. The van der Waals surface area contributed by atoms with Crippen LogP contribution in [0.15, 0.2) is 18.2 Å². The number of hydrogen-bond donors (Lipinski definition) is 2. The number of hydrogen-bond acceptors (Lipinski definition) is 5. The SMILES string of the molecule is C[N+](C)(C)C[C@@H](CC(=O)O)OP(=O)(O)OCCCCCCCOc1cc(C(F)(F)F)cc(C(F)(F)F)c1. The molecule has 0 aliphatic heterocycles. The maximum atomic E-state index is 12.9. The first-order chi connectivity index (χ1) is 16.8. The molecule has 8 nitrogen and oxygen atoms in total. The highest BCUT2D eigenvalue weighted by Crippen LogP contribution is 2.45. The highest BCUT2D eigenvalue weighted by molar-refractivity contribution is 7.47. The number of quaternary nitrogens is 1. The third kappa shape index (κ3) is 14.6. The number of carboxylic acids is 1. The number of carbonyl (C=O) groups is 1. The van der Waals surface area contributed by atoms with Crippen molar-refractivity contribution in [3.8, 4) is 5.75 Å². The van der Waals surface area contributed by atoms with Gasteiger partial charge in [0.2, 0.25) is 0 Å². The molecular weight excluding hydrogens is 535 g/mol. The lowest BCUT2D eigenvalue weighted by Crippen LogP contribution is -2.42. The summed E-state index contributed by atoms with van der Waals surface area (Å²) >= 11 is 0. The molecule has 1 rings (SSSR count). The molecule has 0 aliphatic carbocycles. The number of nitrogens with zero attached hydrogens (tertiary/aromatic N) is 1.